The monoisotopic (exact) mass is 444 g/mol. The average molecular weight is 445 g/mol. The molecular formula is C29H48O3. The summed E-state index contributed by atoms with van der Waals surface area (Å²) >= 11 is 0. The van der Waals surface area contributed by atoms with Gasteiger partial charge >= 0.3 is 0 Å². The zero-order valence-corrected chi connectivity index (χ0v) is 21.4. The van der Waals surface area contributed by atoms with Crippen molar-refractivity contribution in [2.45, 2.75) is 97.2 Å². The highest BCUT2D eigenvalue weighted by atomic mass is 16.5. The third-order valence-corrected chi connectivity index (χ3v) is 9.33. The second-order valence-electron chi connectivity index (χ2n) is 11.2. The predicted octanol–water partition coefficient (Wildman–Crippen LogP) is 6.87. The molecule has 3 heteroatoms. The minimum atomic E-state index is 0.0414. The summed E-state index contributed by atoms with van der Waals surface area (Å²) in [6.07, 6.45) is 17.6. The van der Waals surface area contributed by atoms with Crippen molar-refractivity contribution in [1.82, 2.24) is 0 Å². The molecule has 3 fully saturated rings. The second kappa shape index (κ2) is 11.5. The zero-order chi connectivity index (χ0) is 23.3. The van der Waals surface area contributed by atoms with Crippen LogP contribution >= 0.6 is 0 Å². The molecule has 0 aromatic rings. The Morgan fingerprint density at radius 3 is 2.62 bits per heavy atom. The summed E-state index contributed by atoms with van der Waals surface area (Å²) in [5, 5.41) is 9.79. The minimum Gasteiger partial charge on any atom is -0.396 e. The number of methoxy groups -OCH3 is 2. The maximum Gasteiger partial charge on any atom is 0.0819 e. The molecule has 1 unspecified atom stereocenters. The topological polar surface area (TPSA) is 38.7 Å². The van der Waals surface area contributed by atoms with E-state index in [1.54, 1.807) is 12.7 Å². The smallest absolute Gasteiger partial charge is 0.0819 e. The number of rotatable bonds is 9. The molecule has 3 aliphatic rings. The molecule has 3 rings (SSSR count). The summed E-state index contributed by atoms with van der Waals surface area (Å²) < 4.78 is 11.1. The fourth-order valence-electron chi connectivity index (χ4n) is 7.20. The van der Waals surface area contributed by atoms with Crippen LogP contribution in [0.4, 0.5) is 0 Å². The molecule has 0 aromatic heterocycles. The molecule has 32 heavy (non-hydrogen) atoms. The summed E-state index contributed by atoms with van der Waals surface area (Å²) in [4.78, 5) is 0. The fraction of sp³-hybridized carbons (Fsp3) is 0.793. The molecule has 0 spiro atoms. The van der Waals surface area contributed by atoms with Gasteiger partial charge in [-0.2, -0.15) is 0 Å². The van der Waals surface area contributed by atoms with E-state index in [1.165, 1.54) is 56.9 Å². The number of hydrogen-bond donors (Lipinski definition) is 1. The van der Waals surface area contributed by atoms with Crippen LogP contribution in [0.25, 0.3) is 0 Å². The fourth-order valence-corrected chi connectivity index (χ4v) is 7.20. The lowest BCUT2D eigenvalue weighted by Crippen LogP contribution is -2.36. The molecule has 0 amide bonds. The molecule has 1 N–H and O–H groups in total. The van der Waals surface area contributed by atoms with Crippen molar-refractivity contribution in [3.05, 3.63) is 35.5 Å². The van der Waals surface area contributed by atoms with E-state index < -0.39 is 0 Å². The predicted molar refractivity (Wildman–Crippen MR) is 134 cm³/mol. The molecule has 0 heterocycles. The quantitative estimate of drug-likeness (QED) is 0.394. The number of hydrogen-bond acceptors (Lipinski definition) is 3. The second-order valence-corrected chi connectivity index (χ2v) is 11.2. The van der Waals surface area contributed by atoms with Crippen molar-refractivity contribution >= 4 is 0 Å². The summed E-state index contributed by atoms with van der Waals surface area (Å²) in [7, 11) is 3.58. The first-order valence-electron chi connectivity index (χ1n) is 13.1. The van der Waals surface area contributed by atoms with Crippen LogP contribution < -0.4 is 0 Å². The third kappa shape index (κ3) is 5.59. The van der Waals surface area contributed by atoms with Crippen LogP contribution in [0.5, 0.6) is 0 Å². The highest BCUT2D eigenvalue weighted by Gasteiger charge is 2.50. The Morgan fingerprint density at radius 1 is 1.16 bits per heavy atom. The maximum atomic E-state index is 9.79. The van der Waals surface area contributed by atoms with Gasteiger partial charge in [-0.05, 0) is 87.0 Å². The summed E-state index contributed by atoms with van der Waals surface area (Å²) in [6.45, 7) is 11.6. The Labute approximate surface area is 197 Å². The van der Waals surface area contributed by atoms with Crippen molar-refractivity contribution in [2.24, 2.45) is 29.1 Å². The van der Waals surface area contributed by atoms with Gasteiger partial charge in [0, 0.05) is 26.7 Å². The maximum absolute atomic E-state index is 9.79. The number of fused-ring (bicyclic) bond motifs is 1. The van der Waals surface area contributed by atoms with Crippen LogP contribution in [0.1, 0.15) is 85.0 Å². The normalized spacial score (nSPS) is 37.6. The number of allylic oxidation sites excluding steroid dienone is 3. The summed E-state index contributed by atoms with van der Waals surface area (Å²) in [6, 6.07) is 0. The van der Waals surface area contributed by atoms with Gasteiger partial charge in [0.15, 0.2) is 0 Å². The third-order valence-electron chi connectivity index (χ3n) is 9.33. The Bertz CT molecular complexity index is 675. The van der Waals surface area contributed by atoms with Gasteiger partial charge in [-0.15, -0.1) is 0 Å². The Morgan fingerprint density at radius 2 is 1.94 bits per heavy atom. The van der Waals surface area contributed by atoms with E-state index in [9.17, 15) is 5.11 Å². The first-order valence-corrected chi connectivity index (χ1v) is 13.1. The number of ether oxygens (including phenoxy) is 2. The van der Waals surface area contributed by atoms with E-state index >= 15 is 0 Å². The highest BCUT2D eigenvalue weighted by Crippen LogP contribution is 2.60. The Balaban J connectivity index is 1.68. The van der Waals surface area contributed by atoms with E-state index in [4.69, 9.17) is 9.47 Å². The van der Waals surface area contributed by atoms with Crippen molar-refractivity contribution < 1.29 is 14.6 Å². The molecule has 0 bridgehead atoms. The number of aliphatic hydroxyl groups is 1. The van der Waals surface area contributed by atoms with E-state index in [1.807, 2.05) is 7.11 Å². The van der Waals surface area contributed by atoms with Gasteiger partial charge in [0.25, 0.3) is 0 Å². The van der Waals surface area contributed by atoms with Crippen LogP contribution in [0, 0.1) is 29.1 Å². The Hall–Kier alpha value is -0.900. The standard InChI is InChI=1S/C29H48O3/c1-20(9-7-10-21(2)31-5)26-14-15-27-24(11-8-16-29(26,27)4)13-12-23-17-25(19-30)22(3)28(18-23)32-6/h12-13,20-21,25-28,30H,3,7-11,14-19H2,1-2,4-6H3/b23-12-,24-13+/t20-,21+,25-,26+,27?,28+,29+/m0/s1. The van der Waals surface area contributed by atoms with Crippen molar-refractivity contribution in [3.63, 3.8) is 0 Å². The number of aliphatic hydroxyl groups excluding tert-OH is 1. The van der Waals surface area contributed by atoms with Crippen molar-refractivity contribution in [1.29, 1.82) is 0 Å². The van der Waals surface area contributed by atoms with Gasteiger partial charge in [-0.1, -0.05) is 56.6 Å². The van der Waals surface area contributed by atoms with Gasteiger partial charge in [-0.25, -0.2) is 0 Å². The van der Waals surface area contributed by atoms with E-state index in [0.29, 0.717) is 11.5 Å². The van der Waals surface area contributed by atoms with Crippen molar-refractivity contribution in [3.8, 4) is 0 Å². The van der Waals surface area contributed by atoms with Crippen LogP contribution in [0.15, 0.2) is 35.5 Å². The van der Waals surface area contributed by atoms with Crippen LogP contribution in [-0.4, -0.2) is 38.1 Å². The lowest BCUT2D eigenvalue weighted by molar-refractivity contribution is 0.0842. The minimum absolute atomic E-state index is 0.0414. The van der Waals surface area contributed by atoms with Crippen LogP contribution in [0.3, 0.4) is 0 Å². The molecule has 0 aliphatic heterocycles. The lowest BCUT2D eigenvalue weighted by atomic mass is 9.60. The van der Waals surface area contributed by atoms with Gasteiger partial charge < -0.3 is 14.6 Å². The largest absolute Gasteiger partial charge is 0.396 e. The van der Waals surface area contributed by atoms with Gasteiger partial charge in [0.05, 0.1) is 12.2 Å². The van der Waals surface area contributed by atoms with E-state index in [-0.39, 0.29) is 18.6 Å². The molecular weight excluding hydrogens is 396 g/mol. The molecule has 3 saturated carbocycles. The van der Waals surface area contributed by atoms with Crippen molar-refractivity contribution in [2.75, 3.05) is 20.8 Å². The van der Waals surface area contributed by atoms with Crippen LogP contribution in [0.2, 0.25) is 0 Å². The Kier molecular flexibility index (Phi) is 9.23. The van der Waals surface area contributed by atoms with Gasteiger partial charge in [0.2, 0.25) is 0 Å². The molecule has 7 atom stereocenters. The highest BCUT2D eigenvalue weighted by molar-refractivity contribution is 5.29. The molecule has 0 saturated heterocycles. The summed E-state index contributed by atoms with van der Waals surface area (Å²) in [5.41, 5.74) is 4.59. The molecule has 3 aliphatic carbocycles. The SMILES string of the molecule is C=C1[C@H](CO)C/C(=C/C=C2\CCC[C@@]3(C)C2CC[C@@H]3[C@@H](C)CCC[C@@H](C)OC)C[C@H]1OC. The average Bonchev–Trinajstić information content (AvgIpc) is 3.15. The van der Waals surface area contributed by atoms with E-state index in [0.717, 1.165) is 36.2 Å². The summed E-state index contributed by atoms with van der Waals surface area (Å²) in [5.74, 6) is 2.51. The lowest BCUT2D eigenvalue weighted by Gasteiger charge is -2.44. The molecule has 3 nitrogen and oxygen atoms in total. The van der Waals surface area contributed by atoms with Crippen LogP contribution in [-0.2, 0) is 9.47 Å². The van der Waals surface area contributed by atoms with E-state index in [2.05, 4.69) is 39.5 Å². The first kappa shape index (κ1) is 25.7. The van der Waals surface area contributed by atoms with Gasteiger partial charge in [0.1, 0.15) is 0 Å². The molecule has 0 radical (unpaired) electrons. The van der Waals surface area contributed by atoms with Gasteiger partial charge in [-0.3, -0.25) is 0 Å². The molecule has 182 valence electrons. The first-order chi connectivity index (χ1) is 15.3. The molecule has 0 aromatic carbocycles. The zero-order valence-electron chi connectivity index (χ0n) is 21.4.